The molecule has 1 aromatic rings. The summed E-state index contributed by atoms with van der Waals surface area (Å²) >= 11 is 0. The molecule has 26 heavy (non-hydrogen) atoms. The second-order valence-electron chi connectivity index (χ2n) is 6.64. The predicted octanol–water partition coefficient (Wildman–Crippen LogP) is 1.40. The molecule has 1 aliphatic heterocycles. The summed E-state index contributed by atoms with van der Waals surface area (Å²) in [7, 11) is -2.34. The quantitative estimate of drug-likeness (QED) is 0.771. The zero-order chi connectivity index (χ0) is 18.6. The molecule has 1 amide bonds. The SMILES string of the molecule is COC(=O)Nc1ccc(S(=O)(=O)NCC2(N3CCOCC3)CCC2)cc1. The minimum atomic E-state index is -3.61. The van der Waals surface area contributed by atoms with E-state index < -0.39 is 16.1 Å². The van der Waals surface area contributed by atoms with Crippen molar-refractivity contribution in [1.29, 1.82) is 0 Å². The molecule has 2 fully saturated rings. The first-order chi connectivity index (χ1) is 12.5. The van der Waals surface area contributed by atoms with Gasteiger partial charge >= 0.3 is 6.09 Å². The molecular formula is C17H25N3O5S. The maximum atomic E-state index is 12.6. The summed E-state index contributed by atoms with van der Waals surface area (Å²) < 4.78 is 37.9. The van der Waals surface area contributed by atoms with Gasteiger partial charge in [-0.2, -0.15) is 0 Å². The number of morpholine rings is 1. The van der Waals surface area contributed by atoms with Crippen LogP contribution in [0.2, 0.25) is 0 Å². The van der Waals surface area contributed by atoms with E-state index in [4.69, 9.17) is 4.74 Å². The molecule has 1 saturated carbocycles. The molecule has 9 heteroatoms. The maximum absolute atomic E-state index is 12.6. The van der Waals surface area contributed by atoms with E-state index in [0.717, 1.165) is 32.4 Å². The van der Waals surface area contributed by atoms with Crippen molar-refractivity contribution in [2.24, 2.45) is 0 Å². The first kappa shape index (κ1) is 19.1. The molecule has 1 aromatic carbocycles. The molecule has 8 nitrogen and oxygen atoms in total. The zero-order valence-electron chi connectivity index (χ0n) is 14.9. The van der Waals surface area contributed by atoms with Gasteiger partial charge < -0.3 is 9.47 Å². The van der Waals surface area contributed by atoms with Crippen LogP contribution < -0.4 is 10.0 Å². The van der Waals surface area contributed by atoms with Gasteiger partial charge in [-0.1, -0.05) is 0 Å². The van der Waals surface area contributed by atoms with Crippen LogP contribution in [0.1, 0.15) is 19.3 Å². The number of rotatable bonds is 6. The van der Waals surface area contributed by atoms with Gasteiger partial charge in [-0.05, 0) is 43.5 Å². The topological polar surface area (TPSA) is 97.0 Å². The lowest BCUT2D eigenvalue weighted by Crippen LogP contribution is -2.62. The lowest BCUT2D eigenvalue weighted by atomic mass is 9.75. The van der Waals surface area contributed by atoms with Crippen molar-refractivity contribution in [2.75, 3.05) is 45.3 Å². The molecule has 0 atom stereocenters. The highest BCUT2D eigenvalue weighted by Crippen LogP contribution is 2.38. The summed E-state index contributed by atoms with van der Waals surface area (Å²) in [5.41, 5.74) is 0.378. The van der Waals surface area contributed by atoms with Crippen LogP contribution in [-0.4, -0.2) is 64.9 Å². The fourth-order valence-electron chi connectivity index (χ4n) is 3.43. The number of methoxy groups -OCH3 is 1. The summed E-state index contributed by atoms with van der Waals surface area (Å²) in [5.74, 6) is 0. The number of nitrogens with zero attached hydrogens (tertiary/aromatic N) is 1. The minimum absolute atomic E-state index is 0.0940. The Morgan fingerprint density at radius 3 is 2.42 bits per heavy atom. The van der Waals surface area contributed by atoms with E-state index in [-0.39, 0.29) is 10.4 Å². The van der Waals surface area contributed by atoms with Gasteiger partial charge in [0.2, 0.25) is 10.0 Å². The van der Waals surface area contributed by atoms with Crippen LogP contribution in [0.4, 0.5) is 10.5 Å². The Hall–Kier alpha value is -1.68. The van der Waals surface area contributed by atoms with E-state index >= 15 is 0 Å². The Bertz CT molecular complexity index is 725. The number of benzene rings is 1. The van der Waals surface area contributed by atoms with Crippen LogP contribution in [0.25, 0.3) is 0 Å². The third kappa shape index (κ3) is 4.17. The first-order valence-corrected chi connectivity index (χ1v) is 10.2. The lowest BCUT2D eigenvalue weighted by molar-refractivity contribution is -0.0527. The van der Waals surface area contributed by atoms with Crippen LogP contribution >= 0.6 is 0 Å². The summed E-state index contributed by atoms with van der Waals surface area (Å²) in [4.78, 5) is 13.7. The second kappa shape index (κ2) is 7.91. The summed E-state index contributed by atoms with van der Waals surface area (Å²) in [6.07, 6.45) is 2.51. The molecular weight excluding hydrogens is 358 g/mol. The van der Waals surface area contributed by atoms with Crippen LogP contribution in [-0.2, 0) is 19.5 Å². The van der Waals surface area contributed by atoms with E-state index in [0.29, 0.717) is 25.4 Å². The number of sulfonamides is 1. The van der Waals surface area contributed by atoms with Crippen molar-refractivity contribution in [3.8, 4) is 0 Å². The van der Waals surface area contributed by atoms with Gasteiger partial charge in [0.25, 0.3) is 0 Å². The van der Waals surface area contributed by atoms with E-state index in [9.17, 15) is 13.2 Å². The number of carbonyl (C=O) groups excluding carboxylic acids is 1. The number of nitrogens with one attached hydrogen (secondary N) is 2. The molecule has 0 spiro atoms. The number of hydrogen-bond acceptors (Lipinski definition) is 6. The number of carbonyl (C=O) groups is 1. The van der Waals surface area contributed by atoms with Gasteiger partial charge in [0, 0.05) is 30.9 Å². The molecule has 0 radical (unpaired) electrons. The van der Waals surface area contributed by atoms with Crippen molar-refractivity contribution in [2.45, 2.75) is 29.7 Å². The molecule has 0 bridgehead atoms. The van der Waals surface area contributed by atoms with E-state index in [1.807, 2.05) is 0 Å². The zero-order valence-corrected chi connectivity index (χ0v) is 15.7. The Labute approximate surface area is 153 Å². The Kier molecular flexibility index (Phi) is 5.81. The largest absolute Gasteiger partial charge is 0.453 e. The van der Waals surface area contributed by atoms with Gasteiger partial charge in [-0.25, -0.2) is 17.9 Å². The second-order valence-corrected chi connectivity index (χ2v) is 8.41. The van der Waals surface area contributed by atoms with E-state index in [2.05, 4.69) is 19.7 Å². The van der Waals surface area contributed by atoms with Gasteiger partial charge in [0.1, 0.15) is 0 Å². The van der Waals surface area contributed by atoms with Gasteiger partial charge in [0.15, 0.2) is 0 Å². The normalized spacial score (nSPS) is 20.2. The molecule has 0 unspecified atom stereocenters. The summed E-state index contributed by atoms with van der Waals surface area (Å²) in [6.45, 7) is 3.48. The Morgan fingerprint density at radius 2 is 1.88 bits per heavy atom. The van der Waals surface area contributed by atoms with Gasteiger partial charge in [0.05, 0.1) is 25.2 Å². The smallest absolute Gasteiger partial charge is 0.411 e. The third-order valence-corrected chi connectivity index (χ3v) is 6.57. The highest BCUT2D eigenvalue weighted by Gasteiger charge is 2.43. The van der Waals surface area contributed by atoms with Crippen molar-refractivity contribution in [1.82, 2.24) is 9.62 Å². The fourth-order valence-corrected chi connectivity index (χ4v) is 4.55. The first-order valence-electron chi connectivity index (χ1n) is 8.73. The average molecular weight is 383 g/mol. The Morgan fingerprint density at radius 1 is 1.23 bits per heavy atom. The van der Waals surface area contributed by atoms with Crippen LogP contribution in [0, 0.1) is 0 Å². The maximum Gasteiger partial charge on any atom is 0.411 e. The summed E-state index contributed by atoms with van der Waals surface area (Å²) in [6, 6.07) is 6.00. The Balaban J connectivity index is 1.63. The van der Waals surface area contributed by atoms with Crippen molar-refractivity contribution in [3.05, 3.63) is 24.3 Å². The van der Waals surface area contributed by atoms with Gasteiger partial charge in [-0.3, -0.25) is 10.2 Å². The number of ether oxygens (including phenoxy) is 2. The highest BCUT2D eigenvalue weighted by atomic mass is 32.2. The number of amides is 1. The summed E-state index contributed by atoms with van der Waals surface area (Å²) in [5, 5.41) is 2.49. The molecule has 1 aliphatic carbocycles. The molecule has 1 saturated heterocycles. The van der Waals surface area contributed by atoms with Crippen molar-refractivity contribution >= 4 is 21.8 Å². The molecule has 0 aromatic heterocycles. The number of anilines is 1. The van der Waals surface area contributed by atoms with Crippen LogP contribution in [0.15, 0.2) is 29.2 Å². The number of hydrogen-bond donors (Lipinski definition) is 2. The standard InChI is InChI=1S/C17H25N3O5S/c1-24-16(21)19-14-3-5-15(6-4-14)26(22,23)18-13-17(7-2-8-17)20-9-11-25-12-10-20/h3-6,18H,2,7-13H2,1H3,(H,19,21). The average Bonchev–Trinajstić information content (AvgIpc) is 2.62. The van der Waals surface area contributed by atoms with E-state index in [1.54, 1.807) is 0 Å². The molecule has 2 N–H and O–H groups in total. The monoisotopic (exact) mass is 383 g/mol. The molecule has 2 aliphatic rings. The fraction of sp³-hybridized carbons (Fsp3) is 0.588. The molecule has 1 heterocycles. The molecule has 144 valence electrons. The predicted molar refractivity (Wildman–Crippen MR) is 96.6 cm³/mol. The highest BCUT2D eigenvalue weighted by molar-refractivity contribution is 7.89. The van der Waals surface area contributed by atoms with Crippen LogP contribution in [0.5, 0.6) is 0 Å². The van der Waals surface area contributed by atoms with Crippen molar-refractivity contribution in [3.63, 3.8) is 0 Å². The molecule has 3 rings (SSSR count). The third-order valence-electron chi connectivity index (χ3n) is 5.15. The minimum Gasteiger partial charge on any atom is -0.453 e. The van der Waals surface area contributed by atoms with Crippen LogP contribution in [0.3, 0.4) is 0 Å². The van der Waals surface area contributed by atoms with Crippen molar-refractivity contribution < 1.29 is 22.7 Å². The van der Waals surface area contributed by atoms with Gasteiger partial charge in [-0.15, -0.1) is 0 Å². The van der Waals surface area contributed by atoms with E-state index in [1.165, 1.54) is 31.4 Å². The lowest BCUT2D eigenvalue weighted by Gasteiger charge is -2.51.